The maximum Gasteiger partial charge on any atom is 0.232 e. The van der Waals surface area contributed by atoms with Gasteiger partial charge in [0.15, 0.2) is 0 Å². The number of benzene rings is 3. The van der Waals surface area contributed by atoms with Crippen LogP contribution in [0.1, 0.15) is 49.1 Å². The zero-order valence-electron chi connectivity index (χ0n) is 23.0. The van der Waals surface area contributed by atoms with Crippen LogP contribution in [0.3, 0.4) is 0 Å². The van der Waals surface area contributed by atoms with Gasteiger partial charge in [0.05, 0.1) is 12.5 Å². The van der Waals surface area contributed by atoms with Gasteiger partial charge in [-0.2, -0.15) is 0 Å². The lowest BCUT2D eigenvalue weighted by Crippen LogP contribution is -2.41. The average Bonchev–Trinajstić information content (AvgIpc) is 2.94. The van der Waals surface area contributed by atoms with E-state index in [0.29, 0.717) is 17.5 Å². The number of hydrogen-bond donors (Lipinski definition) is 0. The molecule has 0 saturated carbocycles. The number of fused-ring (bicyclic) bond motifs is 1. The van der Waals surface area contributed by atoms with Gasteiger partial charge < -0.3 is 14.7 Å². The molecule has 1 aliphatic rings. The summed E-state index contributed by atoms with van der Waals surface area (Å²) in [6, 6.07) is 26.9. The molecule has 0 spiro atoms. The Morgan fingerprint density at radius 2 is 1.62 bits per heavy atom. The van der Waals surface area contributed by atoms with Gasteiger partial charge in [-0.3, -0.25) is 9.78 Å². The molecule has 0 unspecified atom stereocenters. The molecule has 1 aliphatic heterocycles. The second-order valence-electron chi connectivity index (χ2n) is 10.4. The molecule has 1 amide bonds. The monoisotopic (exact) mass is 538 g/mol. The third-order valence-electron chi connectivity index (χ3n) is 7.51. The third-order valence-corrected chi connectivity index (χ3v) is 7.76. The van der Waals surface area contributed by atoms with E-state index in [1.807, 2.05) is 53.7 Å². The smallest absolute Gasteiger partial charge is 0.232 e. The van der Waals surface area contributed by atoms with E-state index in [4.69, 9.17) is 11.6 Å². The Kier molecular flexibility index (Phi) is 7.89. The van der Waals surface area contributed by atoms with E-state index in [1.54, 1.807) is 0 Å². The van der Waals surface area contributed by atoms with Crippen LogP contribution in [0.2, 0.25) is 5.02 Å². The van der Waals surface area contributed by atoms with Gasteiger partial charge in [-0.05, 0) is 104 Å². The molecule has 2 heterocycles. The number of pyridine rings is 1. The number of carbonyl (C=O) groups is 1. The Hall–Kier alpha value is -3.83. The molecule has 0 bridgehead atoms. The van der Waals surface area contributed by atoms with Crippen molar-refractivity contribution in [2.75, 3.05) is 28.3 Å². The van der Waals surface area contributed by atoms with Crippen molar-refractivity contribution >= 4 is 34.6 Å². The van der Waals surface area contributed by atoms with Crippen LogP contribution in [0.4, 0.5) is 17.1 Å². The van der Waals surface area contributed by atoms with Crippen LogP contribution >= 0.6 is 11.6 Å². The van der Waals surface area contributed by atoms with Gasteiger partial charge in [0.1, 0.15) is 0 Å². The molecule has 4 aromatic rings. The maximum atomic E-state index is 13.7. The van der Waals surface area contributed by atoms with Gasteiger partial charge in [0.25, 0.3) is 0 Å². The first kappa shape index (κ1) is 26.8. The predicted octanol–water partition coefficient (Wildman–Crippen LogP) is 7.28. The van der Waals surface area contributed by atoms with E-state index in [-0.39, 0.29) is 11.9 Å². The molecule has 200 valence electrons. The van der Waals surface area contributed by atoms with E-state index in [2.05, 4.69) is 85.1 Å². The Labute approximate surface area is 236 Å². The highest BCUT2D eigenvalue weighted by Gasteiger charge is 2.35. The van der Waals surface area contributed by atoms with E-state index in [9.17, 15) is 4.79 Å². The van der Waals surface area contributed by atoms with E-state index in [1.165, 1.54) is 11.3 Å². The second kappa shape index (κ2) is 11.5. The number of anilines is 3. The lowest BCUT2D eigenvalue weighted by molar-refractivity contribution is -0.118. The fourth-order valence-electron chi connectivity index (χ4n) is 5.54. The highest BCUT2D eigenvalue weighted by atomic mass is 35.5. The van der Waals surface area contributed by atoms with Gasteiger partial charge in [-0.1, -0.05) is 29.8 Å². The summed E-state index contributed by atoms with van der Waals surface area (Å²) >= 11 is 6.26. The Bertz CT molecular complexity index is 1420. The van der Waals surface area contributed by atoms with Crippen molar-refractivity contribution < 1.29 is 4.79 Å². The largest absolute Gasteiger partial charge is 0.370 e. The number of carbonyl (C=O) groups excluding carboxylic acids is 1. The molecule has 1 aromatic heterocycles. The van der Waals surface area contributed by atoms with E-state index >= 15 is 0 Å². The molecule has 0 radical (unpaired) electrons. The van der Waals surface area contributed by atoms with Gasteiger partial charge in [-0.25, -0.2) is 0 Å². The summed E-state index contributed by atoms with van der Waals surface area (Å²) in [7, 11) is 2.07. The SMILES string of the molecule is CCN(c1ccc2c(c1)[C@@H](c1ccc(Cl)cc1)N(c1ccc(N(C)Cc3ccncc3)cc1)C(=O)C2)C(C)C. The lowest BCUT2D eigenvalue weighted by Gasteiger charge is -2.39. The van der Waals surface area contributed by atoms with Crippen molar-refractivity contribution in [2.45, 2.75) is 45.8 Å². The lowest BCUT2D eigenvalue weighted by atomic mass is 9.86. The van der Waals surface area contributed by atoms with Crippen molar-refractivity contribution in [3.05, 3.63) is 119 Å². The van der Waals surface area contributed by atoms with Crippen molar-refractivity contribution in [1.82, 2.24) is 4.98 Å². The fraction of sp³-hybridized carbons (Fsp3) is 0.273. The number of amides is 1. The Morgan fingerprint density at radius 1 is 0.949 bits per heavy atom. The molecule has 0 fully saturated rings. The van der Waals surface area contributed by atoms with Gasteiger partial charge in [0, 0.05) is 60.7 Å². The molecule has 3 aromatic carbocycles. The molecule has 0 N–H and O–H groups in total. The molecule has 6 heteroatoms. The minimum absolute atomic E-state index is 0.0873. The summed E-state index contributed by atoms with van der Waals surface area (Å²) in [5, 5.41) is 0.681. The second-order valence-corrected chi connectivity index (χ2v) is 10.8. The first-order chi connectivity index (χ1) is 18.9. The van der Waals surface area contributed by atoms with Gasteiger partial charge >= 0.3 is 0 Å². The minimum atomic E-state index is -0.246. The van der Waals surface area contributed by atoms with Crippen LogP contribution in [0.25, 0.3) is 0 Å². The molecular formula is C33H35ClN4O. The van der Waals surface area contributed by atoms with Crippen molar-refractivity contribution in [3.8, 4) is 0 Å². The molecule has 5 rings (SSSR count). The Morgan fingerprint density at radius 3 is 2.26 bits per heavy atom. The van der Waals surface area contributed by atoms with Gasteiger partial charge in [0.2, 0.25) is 5.91 Å². The predicted molar refractivity (Wildman–Crippen MR) is 162 cm³/mol. The summed E-state index contributed by atoms with van der Waals surface area (Å²) < 4.78 is 0. The number of nitrogens with zero attached hydrogens (tertiary/aromatic N) is 4. The first-order valence-corrected chi connectivity index (χ1v) is 13.9. The number of halogens is 1. The van der Waals surface area contributed by atoms with Crippen LogP contribution < -0.4 is 14.7 Å². The fourth-order valence-corrected chi connectivity index (χ4v) is 5.67. The summed E-state index contributed by atoms with van der Waals surface area (Å²) in [5.41, 5.74) is 7.61. The summed E-state index contributed by atoms with van der Waals surface area (Å²) in [4.78, 5) is 24.4. The van der Waals surface area contributed by atoms with Crippen molar-refractivity contribution in [2.24, 2.45) is 0 Å². The molecule has 5 nitrogen and oxygen atoms in total. The number of rotatable bonds is 8. The normalized spacial score (nSPS) is 14.9. The van der Waals surface area contributed by atoms with Crippen LogP contribution in [0.5, 0.6) is 0 Å². The molecule has 0 saturated heterocycles. The maximum absolute atomic E-state index is 13.7. The summed E-state index contributed by atoms with van der Waals surface area (Å²) in [6.45, 7) is 8.29. The standard InChI is InChI=1S/C33H35ClN4O/c1-5-37(23(2)3)30-11-8-26-20-32(39)38(33(31(26)21-30)25-6-9-27(34)10-7-25)29-14-12-28(13-15-29)36(4)22-24-16-18-35-19-17-24/h6-19,21,23,33H,5,20,22H2,1-4H3/t33-/m1/s1. The summed E-state index contributed by atoms with van der Waals surface area (Å²) in [6.07, 6.45) is 4.00. The molecule has 1 atom stereocenters. The average molecular weight is 539 g/mol. The summed E-state index contributed by atoms with van der Waals surface area (Å²) in [5.74, 6) is 0.0873. The Balaban J connectivity index is 1.53. The first-order valence-electron chi connectivity index (χ1n) is 13.5. The highest BCUT2D eigenvalue weighted by molar-refractivity contribution is 6.30. The molecular weight excluding hydrogens is 504 g/mol. The van der Waals surface area contributed by atoms with Gasteiger partial charge in [-0.15, -0.1) is 0 Å². The van der Waals surface area contributed by atoms with Crippen molar-refractivity contribution in [1.29, 1.82) is 0 Å². The zero-order valence-corrected chi connectivity index (χ0v) is 23.8. The molecule has 39 heavy (non-hydrogen) atoms. The van der Waals surface area contributed by atoms with Crippen LogP contribution in [0.15, 0.2) is 91.3 Å². The topological polar surface area (TPSA) is 39.7 Å². The third kappa shape index (κ3) is 5.64. The van der Waals surface area contributed by atoms with Crippen LogP contribution in [-0.2, 0) is 17.8 Å². The number of hydrogen-bond acceptors (Lipinski definition) is 4. The highest BCUT2D eigenvalue weighted by Crippen LogP contribution is 2.41. The van der Waals surface area contributed by atoms with E-state index < -0.39 is 0 Å². The van der Waals surface area contributed by atoms with E-state index in [0.717, 1.165) is 41.2 Å². The molecule has 0 aliphatic carbocycles. The zero-order chi connectivity index (χ0) is 27.5. The minimum Gasteiger partial charge on any atom is -0.370 e. The van der Waals surface area contributed by atoms with Crippen LogP contribution in [-0.4, -0.2) is 30.5 Å². The quantitative estimate of drug-likeness (QED) is 0.236. The number of aromatic nitrogens is 1. The van der Waals surface area contributed by atoms with Crippen LogP contribution in [0, 0.1) is 0 Å². The van der Waals surface area contributed by atoms with Crippen molar-refractivity contribution in [3.63, 3.8) is 0 Å².